The third-order valence-electron chi connectivity index (χ3n) is 4.03. The Morgan fingerprint density at radius 1 is 1.36 bits per heavy atom. The molecule has 1 unspecified atom stereocenters. The van der Waals surface area contributed by atoms with Crippen molar-refractivity contribution < 1.29 is 5.11 Å². The number of fused-ring (bicyclic) bond motifs is 1. The Bertz CT molecular complexity index is 664. The van der Waals surface area contributed by atoms with Gasteiger partial charge >= 0.3 is 0 Å². The number of anilines is 1. The first-order valence-electron chi connectivity index (χ1n) is 7.76. The van der Waals surface area contributed by atoms with Gasteiger partial charge in [0, 0.05) is 37.1 Å². The lowest BCUT2D eigenvalue weighted by Gasteiger charge is -2.42. The Hall–Kier alpha value is -1.24. The second-order valence-corrected chi connectivity index (χ2v) is 8.10. The van der Waals surface area contributed by atoms with Crippen molar-refractivity contribution in [2.24, 2.45) is 0 Å². The molecule has 2 aromatic heterocycles. The van der Waals surface area contributed by atoms with Crippen LogP contribution in [-0.2, 0) is 0 Å². The fourth-order valence-electron chi connectivity index (χ4n) is 3.23. The van der Waals surface area contributed by atoms with Crippen molar-refractivity contribution in [2.45, 2.75) is 39.3 Å². The Labute approximate surface area is 135 Å². The van der Waals surface area contributed by atoms with Gasteiger partial charge in [0.05, 0.1) is 11.0 Å². The number of aliphatic hydroxyl groups is 1. The highest BCUT2D eigenvalue weighted by Crippen LogP contribution is 2.31. The predicted molar refractivity (Wildman–Crippen MR) is 91.7 cm³/mol. The summed E-state index contributed by atoms with van der Waals surface area (Å²) in [7, 11) is 0. The highest BCUT2D eigenvalue weighted by atomic mass is 32.1. The molecule has 3 rings (SSSR count). The number of hydrogen-bond donors (Lipinski definition) is 1. The first-order chi connectivity index (χ1) is 10.3. The summed E-state index contributed by atoms with van der Waals surface area (Å²) in [5, 5.41) is 11.2. The van der Waals surface area contributed by atoms with Crippen LogP contribution in [0.4, 0.5) is 5.82 Å². The van der Waals surface area contributed by atoms with Crippen LogP contribution in [0.2, 0.25) is 0 Å². The minimum absolute atomic E-state index is 0.370. The molecule has 5 nitrogen and oxygen atoms in total. The minimum Gasteiger partial charge on any atom is -0.389 e. The van der Waals surface area contributed by atoms with Gasteiger partial charge in [-0.05, 0) is 33.8 Å². The molecule has 0 spiro atoms. The van der Waals surface area contributed by atoms with Gasteiger partial charge in [-0.25, -0.2) is 9.97 Å². The van der Waals surface area contributed by atoms with Crippen LogP contribution >= 0.6 is 11.3 Å². The Morgan fingerprint density at radius 2 is 2.14 bits per heavy atom. The zero-order valence-corrected chi connectivity index (χ0v) is 14.5. The van der Waals surface area contributed by atoms with Crippen LogP contribution in [-0.4, -0.2) is 57.8 Å². The van der Waals surface area contributed by atoms with E-state index in [1.807, 2.05) is 13.8 Å². The van der Waals surface area contributed by atoms with Crippen LogP contribution in [0.15, 0.2) is 12.4 Å². The first kappa shape index (κ1) is 15.6. The molecule has 0 saturated carbocycles. The third-order valence-corrected chi connectivity index (χ3v) is 4.98. The van der Waals surface area contributed by atoms with E-state index in [2.05, 4.69) is 39.7 Å². The fraction of sp³-hybridized carbons (Fsp3) is 0.625. The van der Waals surface area contributed by atoms with Crippen LogP contribution in [0.1, 0.15) is 25.6 Å². The summed E-state index contributed by atoms with van der Waals surface area (Å²) in [5.41, 5.74) is -0.644. The van der Waals surface area contributed by atoms with E-state index in [0.717, 1.165) is 35.7 Å². The fourth-order valence-corrected chi connectivity index (χ4v) is 4.07. The number of nitrogens with zero attached hydrogens (tertiary/aromatic N) is 4. The summed E-state index contributed by atoms with van der Waals surface area (Å²) in [4.78, 5) is 16.0. The maximum atomic E-state index is 10.0. The summed E-state index contributed by atoms with van der Waals surface area (Å²) < 4.78 is 0. The molecule has 0 aliphatic carbocycles. The van der Waals surface area contributed by atoms with E-state index in [1.165, 1.54) is 4.88 Å². The maximum Gasteiger partial charge on any atom is 0.141 e. The molecule has 120 valence electrons. The molecule has 1 fully saturated rings. The molecule has 0 amide bonds. The van der Waals surface area contributed by atoms with Gasteiger partial charge in [0.1, 0.15) is 17.0 Å². The SMILES string of the molecule is Cc1cc2c(N3CCN(CC(C)(C)O)CC3C)ncnc2s1. The summed E-state index contributed by atoms with van der Waals surface area (Å²) in [5.74, 6) is 1.05. The molecule has 1 saturated heterocycles. The van der Waals surface area contributed by atoms with E-state index < -0.39 is 5.60 Å². The molecular weight excluding hydrogens is 296 g/mol. The number of hydrogen-bond acceptors (Lipinski definition) is 6. The second-order valence-electron chi connectivity index (χ2n) is 6.86. The Kier molecular flexibility index (Phi) is 4.09. The van der Waals surface area contributed by atoms with Gasteiger partial charge < -0.3 is 10.0 Å². The maximum absolute atomic E-state index is 10.0. The molecule has 1 atom stereocenters. The molecule has 1 aliphatic heterocycles. The van der Waals surface area contributed by atoms with Gasteiger partial charge in [-0.15, -0.1) is 11.3 Å². The highest BCUT2D eigenvalue weighted by Gasteiger charge is 2.29. The lowest BCUT2D eigenvalue weighted by Crippen LogP contribution is -2.55. The molecule has 0 aromatic carbocycles. The van der Waals surface area contributed by atoms with Crippen molar-refractivity contribution in [1.82, 2.24) is 14.9 Å². The van der Waals surface area contributed by atoms with Crippen LogP contribution in [0.25, 0.3) is 10.2 Å². The van der Waals surface area contributed by atoms with Gasteiger partial charge in [-0.2, -0.15) is 0 Å². The zero-order chi connectivity index (χ0) is 15.9. The molecule has 22 heavy (non-hydrogen) atoms. The van der Waals surface area contributed by atoms with Crippen molar-refractivity contribution in [2.75, 3.05) is 31.1 Å². The van der Waals surface area contributed by atoms with Crippen LogP contribution < -0.4 is 4.90 Å². The molecule has 0 radical (unpaired) electrons. The van der Waals surface area contributed by atoms with Gasteiger partial charge in [0.15, 0.2) is 0 Å². The van der Waals surface area contributed by atoms with E-state index in [0.29, 0.717) is 12.6 Å². The summed E-state index contributed by atoms with van der Waals surface area (Å²) in [6.45, 7) is 11.6. The number of thiophene rings is 1. The number of rotatable bonds is 3. The average Bonchev–Trinajstić information content (AvgIpc) is 2.77. The molecule has 6 heteroatoms. The second kappa shape index (κ2) is 5.76. The number of aryl methyl sites for hydroxylation is 1. The van der Waals surface area contributed by atoms with E-state index in [4.69, 9.17) is 0 Å². The number of aromatic nitrogens is 2. The largest absolute Gasteiger partial charge is 0.389 e. The van der Waals surface area contributed by atoms with Crippen molar-refractivity contribution in [1.29, 1.82) is 0 Å². The lowest BCUT2D eigenvalue weighted by molar-refractivity contribution is 0.0307. The van der Waals surface area contributed by atoms with Gasteiger partial charge in [-0.3, -0.25) is 4.90 Å². The standard InChI is InChI=1S/C16H24N4OS/c1-11-8-19(9-16(3,4)21)5-6-20(11)14-13-7-12(2)22-15(13)18-10-17-14/h7,10-11,21H,5-6,8-9H2,1-4H3. The van der Waals surface area contributed by atoms with Gasteiger partial charge in [-0.1, -0.05) is 0 Å². The van der Waals surface area contributed by atoms with Crippen molar-refractivity contribution >= 4 is 27.4 Å². The topological polar surface area (TPSA) is 52.5 Å². The third kappa shape index (κ3) is 3.24. The minimum atomic E-state index is -0.644. The molecular formula is C16H24N4OS. The monoisotopic (exact) mass is 320 g/mol. The van der Waals surface area contributed by atoms with Gasteiger partial charge in [0.2, 0.25) is 0 Å². The van der Waals surface area contributed by atoms with Crippen molar-refractivity contribution in [3.8, 4) is 0 Å². The normalized spacial score (nSPS) is 20.8. The van der Waals surface area contributed by atoms with E-state index in [9.17, 15) is 5.11 Å². The van der Waals surface area contributed by atoms with Crippen LogP contribution in [0, 0.1) is 6.92 Å². The first-order valence-corrected chi connectivity index (χ1v) is 8.58. The number of β-amino-alcohol motifs (C(OH)–C–C–N with tert-alkyl or cyclic N) is 1. The quantitative estimate of drug-likeness (QED) is 0.940. The van der Waals surface area contributed by atoms with E-state index in [1.54, 1.807) is 17.7 Å². The Balaban J connectivity index is 1.81. The number of piperazine rings is 1. The molecule has 3 heterocycles. The van der Waals surface area contributed by atoms with Gasteiger partial charge in [0.25, 0.3) is 0 Å². The summed E-state index contributed by atoms with van der Waals surface area (Å²) in [6.07, 6.45) is 1.67. The smallest absolute Gasteiger partial charge is 0.141 e. The molecule has 1 aliphatic rings. The summed E-state index contributed by atoms with van der Waals surface area (Å²) in [6, 6.07) is 2.56. The molecule has 0 bridgehead atoms. The summed E-state index contributed by atoms with van der Waals surface area (Å²) >= 11 is 1.72. The van der Waals surface area contributed by atoms with E-state index in [-0.39, 0.29) is 0 Å². The van der Waals surface area contributed by atoms with E-state index >= 15 is 0 Å². The van der Waals surface area contributed by atoms with Crippen molar-refractivity contribution in [3.63, 3.8) is 0 Å². The van der Waals surface area contributed by atoms with Crippen LogP contribution in [0.3, 0.4) is 0 Å². The van der Waals surface area contributed by atoms with Crippen LogP contribution in [0.5, 0.6) is 0 Å². The zero-order valence-electron chi connectivity index (χ0n) is 13.7. The average molecular weight is 320 g/mol. The Morgan fingerprint density at radius 3 is 2.82 bits per heavy atom. The van der Waals surface area contributed by atoms with Crippen molar-refractivity contribution in [3.05, 3.63) is 17.3 Å². The lowest BCUT2D eigenvalue weighted by atomic mass is 10.1. The highest BCUT2D eigenvalue weighted by molar-refractivity contribution is 7.18. The predicted octanol–water partition coefficient (Wildman–Crippen LogP) is 2.28. The molecule has 1 N–H and O–H groups in total. The molecule has 2 aromatic rings.